The standard InChI is InChI=1S/C23H25F3O3/c1-2-3-15-4-6-16(7-5-15)14-28-18-10-8-17(9-11-18)23(27)29-19-12-20(24)22(26)21(25)13-19/h8-13,15-16H,2-7,14H2,1H3. The van der Waals surface area contributed by atoms with E-state index in [4.69, 9.17) is 9.47 Å². The van der Waals surface area contributed by atoms with Gasteiger partial charge in [0.05, 0.1) is 12.2 Å². The zero-order valence-electron chi connectivity index (χ0n) is 16.4. The number of hydrogen-bond donors (Lipinski definition) is 0. The van der Waals surface area contributed by atoms with Crippen LogP contribution in [0.15, 0.2) is 36.4 Å². The Labute approximate surface area is 168 Å². The third kappa shape index (κ3) is 5.75. The van der Waals surface area contributed by atoms with Crippen LogP contribution < -0.4 is 9.47 Å². The Kier molecular flexibility index (Phi) is 7.18. The Morgan fingerprint density at radius 1 is 0.931 bits per heavy atom. The molecule has 0 saturated heterocycles. The SMILES string of the molecule is CCCC1CCC(COc2ccc(C(=O)Oc3cc(F)c(F)c(F)c3)cc2)CC1. The molecular formula is C23H25F3O3. The first-order valence-corrected chi connectivity index (χ1v) is 10.1. The molecule has 3 rings (SSSR count). The third-order valence-corrected chi connectivity index (χ3v) is 5.41. The van der Waals surface area contributed by atoms with Crippen LogP contribution in [0.3, 0.4) is 0 Å². The van der Waals surface area contributed by atoms with Gasteiger partial charge in [-0.3, -0.25) is 0 Å². The van der Waals surface area contributed by atoms with Crippen molar-refractivity contribution in [3.63, 3.8) is 0 Å². The molecule has 0 radical (unpaired) electrons. The van der Waals surface area contributed by atoms with E-state index >= 15 is 0 Å². The van der Waals surface area contributed by atoms with E-state index < -0.39 is 29.2 Å². The summed E-state index contributed by atoms with van der Waals surface area (Å²) in [6, 6.07) is 7.61. The van der Waals surface area contributed by atoms with E-state index in [2.05, 4.69) is 6.92 Å². The summed E-state index contributed by atoms with van der Waals surface area (Å²) in [5.41, 5.74) is 0.197. The molecule has 0 aliphatic heterocycles. The van der Waals surface area contributed by atoms with Crippen LogP contribution in [0, 0.1) is 29.3 Å². The van der Waals surface area contributed by atoms with Crippen molar-refractivity contribution < 1.29 is 27.4 Å². The molecule has 6 heteroatoms. The number of benzene rings is 2. The van der Waals surface area contributed by atoms with Gasteiger partial charge in [-0.25, -0.2) is 18.0 Å². The molecule has 0 heterocycles. The summed E-state index contributed by atoms with van der Waals surface area (Å²) in [6.07, 6.45) is 7.43. The monoisotopic (exact) mass is 406 g/mol. The highest BCUT2D eigenvalue weighted by Crippen LogP contribution is 2.32. The smallest absolute Gasteiger partial charge is 0.343 e. The number of halogens is 3. The molecule has 2 aromatic rings. The molecule has 29 heavy (non-hydrogen) atoms. The number of rotatable bonds is 7. The lowest BCUT2D eigenvalue weighted by atomic mass is 9.80. The fourth-order valence-electron chi connectivity index (χ4n) is 3.75. The summed E-state index contributed by atoms with van der Waals surface area (Å²) in [7, 11) is 0. The van der Waals surface area contributed by atoms with Crippen molar-refractivity contribution in [1.29, 1.82) is 0 Å². The Balaban J connectivity index is 1.50. The number of carbonyl (C=O) groups is 1. The van der Waals surface area contributed by atoms with E-state index in [1.807, 2.05) is 0 Å². The highest BCUT2D eigenvalue weighted by Gasteiger charge is 2.21. The molecule has 0 amide bonds. The van der Waals surface area contributed by atoms with Gasteiger partial charge in [0.1, 0.15) is 11.5 Å². The second-order valence-corrected chi connectivity index (χ2v) is 7.60. The summed E-state index contributed by atoms with van der Waals surface area (Å²) in [5.74, 6) is -3.58. The maximum absolute atomic E-state index is 13.2. The normalized spacial score (nSPS) is 19.0. The highest BCUT2D eigenvalue weighted by molar-refractivity contribution is 5.91. The van der Waals surface area contributed by atoms with Crippen molar-refractivity contribution in [2.75, 3.05) is 6.61 Å². The maximum Gasteiger partial charge on any atom is 0.343 e. The van der Waals surface area contributed by atoms with Gasteiger partial charge >= 0.3 is 5.97 Å². The molecule has 2 aromatic carbocycles. The van der Waals surface area contributed by atoms with Crippen molar-refractivity contribution in [3.8, 4) is 11.5 Å². The topological polar surface area (TPSA) is 35.5 Å². The van der Waals surface area contributed by atoms with Crippen LogP contribution in [-0.2, 0) is 0 Å². The van der Waals surface area contributed by atoms with Crippen LogP contribution in [0.25, 0.3) is 0 Å². The maximum atomic E-state index is 13.2. The number of carbonyl (C=O) groups excluding carboxylic acids is 1. The Bertz CT molecular complexity index is 805. The second-order valence-electron chi connectivity index (χ2n) is 7.60. The molecule has 156 valence electrons. The predicted octanol–water partition coefficient (Wildman–Crippen LogP) is 6.31. The average molecular weight is 406 g/mol. The summed E-state index contributed by atoms with van der Waals surface area (Å²) < 4.78 is 50.2. The summed E-state index contributed by atoms with van der Waals surface area (Å²) in [6.45, 7) is 2.88. The lowest BCUT2D eigenvalue weighted by Gasteiger charge is -2.28. The zero-order valence-corrected chi connectivity index (χ0v) is 16.4. The molecule has 0 spiro atoms. The number of ether oxygens (including phenoxy) is 2. The van der Waals surface area contributed by atoms with Gasteiger partial charge in [0.2, 0.25) is 0 Å². The van der Waals surface area contributed by atoms with E-state index in [1.54, 1.807) is 12.1 Å². The lowest BCUT2D eigenvalue weighted by Crippen LogP contribution is -2.20. The van der Waals surface area contributed by atoms with Gasteiger partial charge in [-0.15, -0.1) is 0 Å². The largest absolute Gasteiger partial charge is 0.493 e. The van der Waals surface area contributed by atoms with E-state index in [9.17, 15) is 18.0 Å². The van der Waals surface area contributed by atoms with Gasteiger partial charge in [-0.1, -0.05) is 32.6 Å². The summed E-state index contributed by atoms with van der Waals surface area (Å²) in [5, 5.41) is 0. The van der Waals surface area contributed by atoms with Gasteiger partial charge in [-0.05, 0) is 48.9 Å². The molecule has 3 nitrogen and oxygen atoms in total. The second kappa shape index (κ2) is 9.81. The minimum atomic E-state index is -1.61. The molecule has 0 N–H and O–H groups in total. The van der Waals surface area contributed by atoms with Gasteiger partial charge in [0, 0.05) is 12.1 Å². The molecule has 0 bridgehead atoms. The average Bonchev–Trinajstić information content (AvgIpc) is 2.72. The van der Waals surface area contributed by atoms with E-state index in [-0.39, 0.29) is 5.56 Å². The first-order valence-electron chi connectivity index (χ1n) is 10.1. The fourth-order valence-corrected chi connectivity index (χ4v) is 3.75. The van der Waals surface area contributed by atoms with Gasteiger partial charge in [-0.2, -0.15) is 0 Å². The van der Waals surface area contributed by atoms with E-state index in [1.165, 1.54) is 50.7 Å². The van der Waals surface area contributed by atoms with Crippen molar-refractivity contribution in [1.82, 2.24) is 0 Å². The van der Waals surface area contributed by atoms with Crippen LogP contribution in [0.1, 0.15) is 55.8 Å². The molecule has 0 aromatic heterocycles. The van der Waals surface area contributed by atoms with Crippen molar-refractivity contribution >= 4 is 5.97 Å². The van der Waals surface area contributed by atoms with Crippen LogP contribution in [0.5, 0.6) is 11.5 Å². The molecule has 1 saturated carbocycles. The molecule has 1 aliphatic carbocycles. The van der Waals surface area contributed by atoms with Crippen LogP contribution >= 0.6 is 0 Å². The molecule has 1 aliphatic rings. The minimum absolute atomic E-state index is 0.197. The van der Waals surface area contributed by atoms with E-state index in [0.717, 1.165) is 5.92 Å². The van der Waals surface area contributed by atoms with Crippen molar-refractivity contribution in [3.05, 3.63) is 59.4 Å². The minimum Gasteiger partial charge on any atom is -0.493 e. The third-order valence-electron chi connectivity index (χ3n) is 5.41. The predicted molar refractivity (Wildman–Crippen MR) is 104 cm³/mol. The van der Waals surface area contributed by atoms with Gasteiger partial charge in [0.15, 0.2) is 17.5 Å². The number of esters is 1. The highest BCUT2D eigenvalue weighted by atomic mass is 19.2. The first-order chi connectivity index (χ1) is 14.0. The Morgan fingerprint density at radius 3 is 2.10 bits per heavy atom. The van der Waals surface area contributed by atoms with Crippen LogP contribution in [0.4, 0.5) is 13.2 Å². The van der Waals surface area contributed by atoms with Crippen molar-refractivity contribution in [2.24, 2.45) is 11.8 Å². The van der Waals surface area contributed by atoms with Crippen molar-refractivity contribution in [2.45, 2.75) is 45.4 Å². The van der Waals surface area contributed by atoms with Crippen LogP contribution in [-0.4, -0.2) is 12.6 Å². The fraction of sp³-hybridized carbons (Fsp3) is 0.435. The van der Waals surface area contributed by atoms with Gasteiger partial charge < -0.3 is 9.47 Å². The molecule has 0 atom stereocenters. The quantitative estimate of drug-likeness (QED) is 0.307. The zero-order chi connectivity index (χ0) is 20.8. The molecular weight excluding hydrogens is 381 g/mol. The molecule has 1 fully saturated rings. The Hall–Kier alpha value is -2.50. The van der Waals surface area contributed by atoms with Gasteiger partial charge in [0.25, 0.3) is 0 Å². The van der Waals surface area contributed by atoms with Crippen LogP contribution in [0.2, 0.25) is 0 Å². The lowest BCUT2D eigenvalue weighted by molar-refractivity contribution is 0.0733. The molecule has 0 unspecified atom stereocenters. The number of hydrogen-bond acceptors (Lipinski definition) is 3. The Morgan fingerprint density at radius 2 is 1.52 bits per heavy atom. The van der Waals surface area contributed by atoms with E-state index in [0.29, 0.717) is 30.4 Å². The summed E-state index contributed by atoms with van der Waals surface area (Å²) >= 11 is 0. The first kappa shape index (κ1) is 21.2. The summed E-state index contributed by atoms with van der Waals surface area (Å²) in [4.78, 5) is 12.1.